The number of thioether (sulfide) groups is 1. The second kappa shape index (κ2) is 7.81. The molecule has 0 fully saturated rings. The predicted molar refractivity (Wildman–Crippen MR) is 106 cm³/mol. The number of nitriles is 1. The molecule has 2 rings (SSSR count). The summed E-state index contributed by atoms with van der Waals surface area (Å²) in [7, 11) is -2.25. The van der Waals surface area contributed by atoms with Crippen molar-refractivity contribution in [3.8, 4) is 6.07 Å². The summed E-state index contributed by atoms with van der Waals surface area (Å²) in [6.45, 7) is 3.39. The normalized spacial score (nSPS) is 12.3. The Bertz CT molecular complexity index is 1060. The lowest BCUT2D eigenvalue weighted by atomic mass is 10.1. The minimum absolute atomic E-state index is 0.0266. The largest absolute Gasteiger partial charge is 0.314 e. The van der Waals surface area contributed by atoms with Crippen LogP contribution in [0.1, 0.15) is 23.7 Å². The van der Waals surface area contributed by atoms with Crippen LogP contribution >= 0.6 is 11.8 Å². The Morgan fingerprint density at radius 3 is 2.42 bits per heavy atom. The van der Waals surface area contributed by atoms with Gasteiger partial charge >= 0.3 is 0 Å². The molecule has 6 nitrogen and oxygen atoms in total. The first-order valence-corrected chi connectivity index (χ1v) is 10.4. The Balaban J connectivity index is 2.64. The Kier molecular flexibility index (Phi) is 5.95. The van der Waals surface area contributed by atoms with Gasteiger partial charge < -0.3 is 4.57 Å². The average molecular weight is 390 g/mol. The molecule has 0 aliphatic rings. The first-order valence-electron chi connectivity index (χ1n) is 7.66. The molecular formula is C18H19N3O3S2. The molecule has 1 aromatic heterocycles. The van der Waals surface area contributed by atoms with Crippen molar-refractivity contribution in [1.82, 2.24) is 4.57 Å². The van der Waals surface area contributed by atoms with Crippen molar-refractivity contribution < 1.29 is 8.42 Å². The van der Waals surface area contributed by atoms with Gasteiger partial charge in [0.2, 0.25) is 0 Å². The Morgan fingerprint density at radius 2 is 1.88 bits per heavy atom. The van der Waals surface area contributed by atoms with Gasteiger partial charge in [-0.1, -0.05) is 18.2 Å². The first kappa shape index (κ1) is 19.8. The van der Waals surface area contributed by atoms with Gasteiger partial charge in [0.15, 0.2) is 0 Å². The van der Waals surface area contributed by atoms with Crippen molar-refractivity contribution in [2.75, 3.05) is 11.0 Å². The van der Waals surface area contributed by atoms with Crippen molar-refractivity contribution in [1.29, 1.82) is 5.26 Å². The molecule has 8 heteroatoms. The maximum atomic E-state index is 12.8. The fraction of sp³-hybridized carbons (Fsp3) is 0.222. The van der Waals surface area contributed by atoms with E-state index in [1.54, 1.807) is 57.5 Å². The van der Waals surface area contributed by atoms with E-state index in [1.807, 2.05) is 6.07 Å². The van der Waals surface area contributed by atoms with Crippen LogP contribution in [0.15, 0.2) is 45.4 Å². The molecule has 0 aliphatic heterocycles. The summed E-state index contributed by atoms with van der Waals surface area (Å²) in [5.41, 5.74) is 1.64. The maximum Gasteiger partial charge on any atom is 0.268 e. The lowest BCUT2D eigenvalue weighted by Crippen LogP contribution is -2.23. The summed E-state index contributed by atoms with van der Waals surface area (Å²) >= 11 is 1.09. The van der Waals surface area contributed by atoms with Crippen LogP contribution in [0.2, 0.25) is 0 Å². The number of hydrogen-bond donors (Lipinski definition) is 1. The molecule has 26 heavy (non-hydrogen) atoms. The fourth-order valence-corrected chi connectivity index (χ4v) is 5.04. The fourth-order valence-electron chi connectivity index (χ4n) is 2.57. The summed E-state index contributed by atoms with van der Waals surface area (Å²) < 4.78 is 29.7. The lowest BCUT2D eigenvalue weighted by molar-refractivity contribution is 0.609. The molecule has 0 saturated carbocycles. The van der Waals surface area contributed by atoms with Gasteiger partial charge in [0.1, 0.15) is 15.9 Å². The summed E-state index contributed by atoms with van der Waals surface area (Å²) in [5.74, 6) is 0. The molecule has 0 unspecified atom stereocenters. The Morgan fingerprint density at radius 1 is 1.27 bits per heavy atom. The zero-order chi connectivity index (χ0) is 19.5. The molecule has 136 valence electrons. The molecular weight excluding hydrogens is 370 g/mol. The number of allylic oxidation sites excluding steroid dienone is 1. The molecule has 2 aromatic rings. The van der Waals surface area contributed by atoms with Gasteiger partial charge in [0, 0.05) is 24.0 Å². The molecule has 1 heterocycles. The van der Waals surface area contributed by atoms with Crippen LogP contribution in [0.5, 0.6) is 0 Å². The molecule has 0 spiro atoms. The number of nitrogens with one attached hydrogen (secondary N) is 1. The SMILES string of the molecule is CS/C(=C(/C)c1cc(C#N)c(=O)n(C)c1C)S(=O)(=O)Nc1ccccc1. The number of anilines is 1. The van der Waals surface area contributed by atoms with E-state index in [-0.39, 0.29) is 9.80 Å². The third-order valence-corrected chi connectivity index (χ3v) is 7.14. The van der Waals surface area contributed by atoms with Crippen LogP contribution in [0.3, 0.4) is 0 Å². The predicted octanol–water partition coefficient (Wildman–Crippen LogP) is 3.06. The highest BCUT2D eigenvalue weighted by molar-refractivity contribution is 8.19. The van der Waals surface area contributed by atoms with E-state index in [1.165, 1.54) is 10.6 Å². The van der Waals surface area contributed by atoms with Crippen molar-refractivity contribution in [3.05, 3.63) is 67.8 Å². The third-order valence-electron chi connectivity index (χ3n) is 4.00. The summed E-state index contributed by atoms with van der Waals surface area (Å²) in [6, 6.07) is 11.9. The summed E-state index contributed by atoms with van der Waals surface area (Å²) in [4.78, 5) is 12.1. The van der Waals surface area contributed by atoms with Crippen molar-refractivity contribution >= 4 is 33.0 Å². The second-order valence-corrected chi connectivity index (χ2v) is 8.32. The summed E-state index contributed by atoms with van der Waals surface area (Å²) in [5, 5.41) is 9.18. The van der Waals surface area contributed by atoms with Crippen molar-refractivity contribution in [2.45, 2.75) is 13.8 Å². The lowest BCUT2D eigenvalue weighted by Gasteiger charge is -2.16. The topological polar surface area (TPSA) is 92.0 Å². The first-order chi connectivity index (χ1) is 12.2. The average Bonchev–Trinajstić information content (AvgIpc) is 2.60. The third kappa shape index (κ3) is 3.84. The highest BCUT2D eigenvalue weighted by atomic mass is 32.3. The highest BCUT2D eigenvalue weighted by Crippen LogP contribution is 2.32. The van der Waals surface area contributed by atoms with Gasteiger partial charge in [-0.15, -0.1) is 11.8 Å². The minimum atomic E-state index is -3.81. The Labute approximate surface area is 157 Å². The van der Waals surface area contributed by atoms with E-state index < -0.39 is 15.6 Å². The number of benzene rings is 1. The zero-order valence-corrected chi connectivity index (χ0v) is 16.5. The van der Waals surface area contributed by atoms with Gasteiger partial charge in [0.05, 0.1) is 0 Å². The van der Waals surface area contributed by atoms with Crippen molar-refractivity contribution in [2.24, 2.45) is 7.05 Å². The van der Waals surface area contributed by atoms with Gasteiger partial charge in [-0.3, -0.25) is 9.52 Å². The van der Waals surface area contributed by atoms with Crippen LogP contribution in [0, 0.1) is 18.3 Å². The number of para-hydroxylation sites is 1. The van der Waals surface area contributed by atoms with Crippen LogP contribution in [0.25, 0.3) is 5.57 Å². The molecule has 0 aliphatic carbocycles. The molecule has 0 atom stereocenters. The number of rotatable bonds is 5. The molecule has 0 bridgehead atoms. The standard InChI is InChI=1S/C18H19N3O3S2/c1-12(16-10-14(11-19)17(22)21(3)13(16)2)18(25-4)26(23,24)20-15-8-6-5-7-9-15/h5-10,20H,1-4H3/b18-12+. The number of aromatic nitrogens is 1. The number of hydrogen-bond acceptors (Lipinski definition) is 5. The molecule has 0 radical (unpaired) electrons. The van der Waals surface area contributed by atoms with E-state index in [4.69, 9.17) is 0 Å². The van der Waals surface area contributed by atoms with E-state index in [9.17, 15) is 18.5 Å². The number of sulfonamides is 1. The Hall–Kier alpha value is -2.50. The van der Waals surface area contributed by atoms with Crippen molar-refractivity contribution in [3.63, 3.8) is 0 Å². The second-order valence-electron chi connectivity index (χ2n) is 5.62. The number of nitrogens with zero attached hydrogens (tertiary/aromatic N) is 2. The van der Waals surface area contributed by atoms with E-state index in [0.29, 0.717) is 22.5 Å². The summed E-state index contributed by atoms with van der Waals surface area (Å²) in [6.07, 6.45) is 1.67. The van der Waals surface area contributed by atoms with Crippen LogP contribution < -0.4 is 10.3 Å². The maximum absolute atomic E-state index is 12.8. The van der Waals surface area contributed by atoms with Crippen LogP contribution in [-0.4, -0.2) is 19.2 Å². The van der Waals surface area contributed by atoms with E-state index in [2.05, 4.69) is 4.72 Å². The molecule has 1 aromatic carbocycles. The quantitative estimate of drug-likeness (QED) is 0.848. The zero-order valence-electron chi connectivity index (χ0n) is 14.9. The molecule has 0 saturated heterocycles. The minimum Gasteiger partial charge on any atom is -0.314 e. The van der Waals surface area contributed by atoms with E-state index in [0.717, 1.165) is 11.8 Å². The monoisotopic (exact) mass is 389 g/mol. The van der Waals surface area contributed by atoms with Gasteiger partial charge in [-0.25, -0.2) is 8.42 Å². The molecule has 0 amide bonds. The number of pyridine rings is 1. The molecule has 1 N–H and O–H groups in total. The van der Waals surface area contributed by atoms with Crippen LogP contribution in [-0.2, 0) is 17.1 Å². The van der Waals surface area contributed by atoms with Gasteiger partial charge in [-0.05, 0) is 43.9 Å². The van der Waals surface area contributed by atoms with Gasteiger partial charge in [-0.2, -0.15) is 5.26 Å². The highest BCUT2D eigenvalue weighted by Gasteiger charge is 2.22. The van der Waals surface area contributed by atoms with Crippen LogP contribution in [0.4, 0.5) is 5.69 Å². The van der Waals surface area contributed by atoms with E-state index >= 15 is 0 Å². The van der Waals surface area contributed by atoms with Gasteiger partial charge in [0.25, 0.3) is 15.6 Å². The smallest absolute Gasteiger partial charge is 0.268 e.